The highest BCUT2D eigenvalue weighted by molar-refractivity contribution is 5.80. The molecule has 2 aliphatic carbocycles. The molecule has 0 radical (unpaired) electrons. The van der Waals surface area contributed by atoms with Crippen LogP contribution in [0.3, 0.4) is 0 Å². The van der Waals surface area contributed by atoms with Gasteiger partial charge < -0.3 is 4.74 Å². The Kier molecular flexibility index (Phi) is 3.88. The molecule has 2 aliphatic rings. The van der Waals surface area contributed by atoms with Gasteiger partial charge in [0.15, 0.2) is 0 Å². The SMILES string of the molecule is CCCCOC(=O)C1(C)C2C=CC(C2)C1c1ccccc1. The molecule has 2 heteroatoms. The zero-order valence-corrected chi connectivity index (χ0v) is 12.9. The number of fused-ring (bicyclic) bond motifs is 2. The van der Waals surface area contributed by atoms with Gasteiger partial charge in [-0.05, 0) is 37.2 Å². The molecule has 0 heterocycles. The van der Waals surface area contributed by atoms with Crippen molar-refractivity contribution in [3.63, 3.8) is 0 Å². The maximum atomic E-state index is 12.8. The van der Waals surface area contributed by atoms with Crippen molar-refractivity contribution in [2.45, 2.75) is 39.0 Å². The number of hydrogen-bond donors (Lipinski definition) is 0. The zero-order valence-electron chi connectivity index (χ0n) is 12.9. The smallest absolute Gasteiger partial charge is 0.313 e. The number of allylic oxidation sites excluding steroid dienone is 2. The van der Waals surface area contributed by atoms with Crippen LogP contribution >= 0.6 is 0 Å². The molecule has 0 spiro atoms. The summed E-state index contributed by atoms with van der Waals surface area (Å²) in [6.45, 7) is 4.77. The molecule has 4 unspecified atom stereocenters. The van der Waals surface area contributed by atoms with Gasteiger partial charge in [0.2, 0.25) is 0 Å². The van der Waals surface area contributed by atoms with E-state index in [2.05, 4.69) is 50.3 Å². The van der Waals surface area contributed by atoms with Crippen LogP contribution in [0.5, 0.6) is 0 Å². The van der Waals surface area contributed by atoms with E-state index in [1.54, 1.807) is 0 Å². The summed E-state index contributed by atoms with van der Waals surface area (Å²) in [6.07, 6.45) is 7.60. The Morgan fingerprint density at radius 3 is 2.76 bits per heavy atom. The number of carbonyl (C=O) groups is 1. The molecule has 1 aromatic rings. The van der Waals surface area contributed by atoms with Gasteiger partial charge in [-0.25, -0.2) is 0 Å². The van der Waals surface area contributed by atoms with E-state index in [4.69, 9.17) is 4.74 Å². The molecule has 1 aromatic carbocycles. The van der Waals surface area contributed by atoms with Gasteiger partial charge in [0, 0.05) is 5.92 Å². The van der Waals surface area contributed by atoms with Crippen LogP contribution in [-0.2, 0) is 9.53 Å². The quantitative estimate of drug-likeness (QED) is 0.457. The molecule has 0 amide bonds. The third-order valence-corrected chi connectivity index (χ3v) is 5.29. The summed E-state index contributed by atoms with van der Waals surface area (Å²) in [6, 6.07) is 10.5. The molecule has 4 atom stereocenters. The number of rotatable bonds is 5. The number of esters is 1. The number of carbonyl (C=O) groups excluding carboxylic acids is 1. The molecule has 0 saturated heterocycles. The summed E-state index contributed by atoms with van der Waals surface area (Å²) in [7, 11) is 0. The van der Waals surface area contributed by atoms with Crippen molar-refractivity contribution in [1.82, 2.24) is 0 Å². The highest BCUT2D eigenvalue weighted by Crippen LogP contribution is 2.60. The van der Waals surface area contributed by atoms with Crippen molar-refractivity contribution in [2.75, 3.05) is 6.61 Å². The van der Waals surface area contributed by atoms with Crippen LogP contribution in [-0.4, -0.2) is 12.6 Å². The van der Waals surface area contributed by atoms with Crippen LogP contribution in [0.2, 0.25) is 0 Å². The van der Waals surface area contributed by atoms with Crippen LogP contribution in [0.25, 0.3) is 0 Å². The molecule has 0 N–H and O–H groups in total. The molecule has 21 heavy (non-hydrogen) atoms. The molecule has 1 saturated carbocycles. The summed E-state index contributed by atoms with van der Waals surface area (Å²) in [4.78, 5) is 12.8. The molecule has 2 bridgehead atoms. The van der Waals surface area contributed by atoms with Crippen molar-refractivity contribution >= 4 is 5.97 Å². The number of hydrogen-bond acceptors (Lipinski definition) is 2. The van der Waals surface area contributed by atoms with Crippen molar-refractivity contribution < 1.29 is 9.53 Å². The normalized spacial score (nSPS) is 33.3. The average molecular weight is 284 g/mol. The second-order valence-corrected chi connectivity index (χ2v) is 6.55. The summed E-state index contributed by atoms with van der Waals surface area (Å²) in [5.41, 5.74) is 0.860. The lowest BCUT2D eigenvalue weighted by Gasteiger charge is -2.37. The minimum absolute atomic E-state index is 0.0124. The Bertz CT molecular complexity index is 534. The molecule has 0 aliphatic heterocycles. The lowest BCUT2D eigenvalue weighted by Crippen LogP contribution is -2.39. The van der Waals surface area contributed by atoms with Crippen LogP contribution in [0.4, 0.5) is 0 Å². The molecular formula is C19H24O2. The minimum Gasteiger partial charge on any atom is -0.465 e. The Hall–Kier alpha value is -1.57. The molecule has 3 rings (SSSR count). The van der Waals surface area contributed by atoms with E-state index in [0.717, 1.165) is 19.3 Å². The Morgan fingerprint density at radius 2 is 2.05 bits per heavy atom. The third kappa shape index (κ3) is 2.31. The number of ether oxygens (including phenoxy) is 1. The highest BCUT2D eigenvalue weighted by Gasteiger charge is 2.58. The maximum Gasteiger partial charge on any atom is 0.313 e. The zero-order chi connectivity index (χ0) is 14.9. The second kappa shape index (κ2) is 5.67. The van der Waals surface area contributed by atoms with Crippen molar-refractivity contribution in [3.05, 3.63) is 48.0 Å². The monoisotopic (exact) mass is 284 g/mol. The van der Waals surface area contributed by atoms with Gasteiger partial charge >= 0.3 is 5.97 Å². The van der Waals surface area contributed by atoms with Gasteiger partial charge in [0.05, 0.1) is 12.0 Å². The lowest BCUT2D eigenvalue weighted by molar-refractivity contribution is -0.157. The number of benzene rings is 1. The molecule has 0 aromatic heterocycles. The fraction of sp³-hybridized carbons (Fsp3) is 0.526. The van der Waals surface area contributed by atoms with E-state index in [9.17, 15) is 4.79 Å². The highest BCUT2D eigenvalue weighted by atomic mass is 16.5. The first-order valence-corrected chi connectivity index (χ1v) is 8.08. The van der Waals surface area contributed by atoms with E-state index in [1.165, 1.54) is 5.56 Å². The van der Waals surface area contributed by atoms with E-state index in [1.807, 2.05) is 6.07 Å². The minimum atomic E-state index is -0.408. The van der Waals surface area contributed by atoms with Crippen LogP contribution in [0.15, 0.2) is 42.5 Å². The van der Waals surface area contributed by atoms with Gasteiger partial charge in [-0.1, -0.05) is 55.8 Å². The van der Waals surface area contributed by atoms with Crippen molar-refractivity contribution in [1.29, 1.82) is 0 Å². The van der Waals surface area contributed by atoms with E-state index < -0.39 is 5.41 Å². The van der Waals surface area contributed by atoms with Gasteiger partial charge in [-0.3, -0.25) is 4.79 Å². The maximum absolute atomic E-state index is 12.8. The summed E-state index contributed by atoms with van der Waals surface area (Å²) in [5, 5.41) is 0. The Balaban J connectivity index is 1.87. The predicted octanol–water partition coefficient (Wildman–Crippen LogP) is 4.33. The average Bonchev–Trinajstić information content (AvgIpc) is 3.08. The van der Waals surface area contributed by atoms with Gasteiger partial charge in [0.25, 0.3) is 0 Å². The van der Waals surface area contributed by atoms with E-state index in [0.29, 0.717) is 18.4 Å². The van der Waals surface area contributed by atoms with Crippen LogP contribution in [0, 0.1) is 17.3 Å². The van der Waals surface area contributed by atoms with Crippen LogP contribution in [0.1, 0.15) is 44.6 Å². The van der Waals surface area contributed by atoms with Gasteiger partial charge in [0.1, 0.15) is 0 Å². The summed E-state index contributed by atoms with van der Waals surface area (Å²) >= 11 is 0. The number of unbranched alkanes of at least 4 members (excludes halogenated alkanes) is 1. The fourth-order valence-corrected chi connectivity index (χ4v) is 4.09. The standard InChI is InChI=1S/C19H24O2/c1-3-4-12-21-18(20)19(2)16-11-10-15(13-16)17(19)14-8-6-5-7-9-14/h5-11,15-17H,3-4,12-13H2,1-2H3. The first-order valence-electron chi connectivity index (χ1n) is 8.08. The molecule has 112 valence electrons. The first kappa shape index (κ1) is 14.4. The van der Waals surface area contributed by atoms with Crippen molar-refractivity contribution in [3.8, 4) is 0 Å². The van der Waals surface area contributed by atoms with E-state index >= 15 is 0 Å². The fourth-order valence-electron chi connectivity index (χ4n) is 4.09. The molecule has 1 fully saturated rings. The second-order valence-electron chi connectivity index (χ2n) is 6.55. The Labute approximate surface area is 127 Å². The predicted molar refractivity (Wildman–Crippen MR) is 83.9 cm³/mol. The largest absolute Gasteiger partial charge is 0.465 e. The van der Waals surface area contributed by atoms with Gasteiger partial charge in [-0.15, -0.1) is 0 Å². The lowest BCUT2D eigenvalue weighted by atomic mass is 9.67. The molecular weight excluding hydrogens is 260 g/mol. The third-order valence-electron chi connectivity index (χ3n) is 5.29. The Morgan fingerprint density at radius 1 is 1.29 bits per heavy atom. The van der Waals surface area contributed by atoms with E-state index in [-0.39, 0.29) is 11.9 Å². The van der Waals surface area contributed by atoms with Crippen molar-refractivity contribution in [2.24, 2.45) is 17.3 Å². The topological polar surface area (TPSA) is 26.3 Å². The van der Waals surface area contributed by atoms with Crippen LogP contribution < -0.4 is 0 Å². The summed E-state index contributed by atoms with van der Waals surface area (Å²) in [5.74, 6) is 1.03. The first-order chi connectivity index (χ1) is 10.2. The molecule has 2 nitrogen and oxygen atoms in total. The van der Waals surface area contributed by atoms with Gasteiger partial charge in [-0.2, -0.15) is 0 Å². The summed E-state index contributed by atoms with van der Waals surface area (Å²) < 4.78 is 5.60.